The van der Waals surface area contributed by atoms with Crippen LogP contribution in [0.2, 0.25) is 0 Å². The third-order valence-corrected chi connectivity index (χ3v) is 2.01. The molecule has 0 fully saturated rings. The fraction of sp³-hybridized carbons (Fsp3) is 0.231. The fourth-order valence-corrected chi connectivity index (χ4v) is 1.35. The Morgan fingerprint density at radius 1 is 0.895 bits per heavy atom. The summed E-state index contributed by atoms with van der Waals surface area (Å²) in [4.78, 5) is 16.7. The van der Waals surface area contributed by atoms with Gasteiger partial charge in [0.05, 0.1) is 12.5 Å². The minimum atomic E-state index is 0.750. The standard InChI is InChI=1S/C11H12O2.2CHNO/c1(4-10-6-2-8-12-10)5-11-7-3-9-13-11;2*2-1-3/h2-3,6-9H,1,4-5H2;2*2H. The van der Waals surface area contributed by atoms with Gasteiger partial charge in [-0.3, -0.25) is 0 Å². The lowest BCUT2D eigenvalue weighted by Gasteiger charge is -1.94. The lowest BCUT2D eigenvalue weighted by molar-refractivity contribution is 0.477. The van der Waals surface area contributed by atoms with Crippen molar-refractivity contribution in [3.05, 3.63) is 48.3 Å². The van der Waals surface area contributed by atoms with Crippen LogP contribution in [0.25, 0.3) is 0 Å². The van der Waals surface area contributed by atoms with Crippen molar-refractivity contribution in [2.75, 3.05) is 0 Å². The van der Waals surface area contributed by atoms with Gasteiger partial charge >= 0.3 is 0 Å². The summed E-state index contributed by atoms with van der Waals surface area (Å²) in [5, 5.41) is 10.8. The van der Waals surface area contributed by atoms with E-state index >= 15 is 0 Å². The van der Waals surface area contributed by atoms with Crippen molar-refractivity contribution in [3.63, 3.8) is 0 Å². The molecular weight excluding hydrogens is 248 g/mol. The van der Waals surface area contributed by atoms with Crippen LogP contribution in [-0.4, -0.2) is 12.2 Å². The topological polar surface area (TPSA) is 108 Å². The van der Waals surface area contributed by atoms with Gasteiger partial charge in [-0.25, -0.2) is 20.4 Å². The third-order valence-electron chi connectivity index (χ3n) is 2.01. The Morgan fingerprint density at radius 2 is 1.26 bits per heavy atom. The molecule has 0 amide bonds. The molecule has 0 atom stereocenters. The normalized spacial score (nSPS) is 8.00. The van der Waals surface area contributed by atoms with E-state index in [9.17, 15) is 0 Å². The highest BCUT2D eigenvalue weighted by molar-refractivity contribution is 5.26. The Morgan fingerprint density at radius 3 is 1.53 bits per heavy atom. The second-order valence-electron chi connectivity index (χ2n) is 3.22. The van der Waals surface area contributed by atoms with Crippen molar-refractivity contribution in [3.8, 4) is 0 Å². The summed E-state index contributed by atoms with van der Waals surface area (Å²) >= 11 is 0. The number of isocyanates is 2. The Kier molecular flexibility index (Phi) is 10.1. The molecule has 0 bridgehead atoms. The van der Waals surface area contributed by atoms with Gasteiger partial charge in [-0.1, -0.05) is 0 Å². The molecule has 6 heteroatoms. The number of hydrogen-bond acceptors (Lipinski definition) is 6. The van der Waals surface area contributed by atoms with Crippen LogP contribution in [0.1, 0.15) is 17.9 Å². The molecule has 2 aromatic rings. The van der Waals surface area contributed by atoms with Crippen LogP contribution in [0.15, 0.2) is 45.6 Å². The van der Waals surface area contributed by atoms with E-state index in [0.29, 0.717) is 0 Å². The Bertz CT molecular complexity index is 430. The first-order valence-electron chi connectivity index (χ1n) is 5.41. The van der Waals surface area contributed by atoms with Gasteiger partial charge in [0.1, 0.15) is 11.5 Å². The molecule has 2 rings (SSSR count). The summed E-state index contributed by atoms with van der Waals surface area (Å²) in [5.41, 5.74) is 0. The first-order valence-corrected chi connectivity index (χ1v) is 5.41. The summed E-state index contributed by atoms with van der Waals surface area (Å²) in [6.07, 6.45) is 7.95. The molecule has 2 aromatic heterocycles. The van der Waals surface area contributed by atoms with E-state index in [1.807, 2.05) is 24.3 Å². The molecule has 0 spiro atoms. The Hall–Kier alpha value is -2.68. The van der Waals surface area contributed by atoms with E-state index in [4.69, 9.17) is 29.2 Å². The maximum atomic E-state index is 8.35. The minimum Gasteiger partial charge on any atom is -0.469 e. The maximum absolute atomic E-state index is 8.35. The summed E-state index contributed by atoms with van der Waals surface area (Å²) < 4.78 is 10.4. The van der Waals surface area contributed by atoms with Crippen LogP contribution in [-0.2, 0) is 22.4 Å². The Labute approximate surface area is 110 Å². The largest absolute Gasteiger partial charge is 0.469 e. The van der Waals surface area contributed by atoms with E-state index in [1.54, 1.807) is 12.5 Å². The predicted octanol–water partition coefficient (Wildman–Crippen LogP) is 2.85. The van der Waals surface area contributed by atoms with Crippen LogP contribution in [0, 0.1) is 10.8 Å². The second-order valence-corrected chi connectivity index (χ2v) is 3.22. The SMILES string of the molecule is N=C=O.N=C=O.c1coc(CCCc2ccco2)c1. The summed E-state index contributed by atoms with van der Waals surface area (Å²) in [6, 6.07) is 7.84. The average molecular weight is 262 g/mol. The maximum Gasteiger partial charge on any atom is 0.231 e. The van der Waals surface area contributed by atoms with Crippen molar-refractivity contribution >= 4 is 12.2 Å². The van der Waals surface area contributed by atoms with Crippen LogP contribution in [0.5, 0.6) is 0 Å². The van der Waals surface area contributed by atoms with Gasteiger partial charge in [0.25, 0.3) is 0 Å². The summed E-state index contributed by atoms with van der Waals surface area (Å²) in [7, 11) is 0. The summed E-state index contributed by atoms with van der Waals surface area (Å²) in [6.45, 7) is 0. The zero-order chi connectivity index (χ0) is 14.3. The third kappa shape index (κ3) is 9.06. The zero-order valence-electron chi connectivity index (χ0n) is 10.2. The number of aryl methyl sites for hydroxylation is 2. The molecule has 0 aliphatic carbocycles. The molecule has 2 N–H and O–H groups in total. The molecule has 100 valence electrons. The quantitative estimate of drug-likeness (QED) is 0.652. The molecule has 6 nitrogen and oxygen atoms in total. The molecule has 0 radical (unpaired) electrons. The monoisotopic (exact) mass is 262 g/mol. The number of hydrogen-bond donors (Lipinski definition) is 2. The van der Waals surface area contributed by atoms with E-state index in [0.717, 1.165) is 42.9 Å². The Balaban J connectivity index is 0.000000465. The van der Waals surface area contributed by atoms with Gasteiger partial charge in [-0.2, -0.15) is 0 Å². The molecule has 0 saturated carbocycles. The van der Waals surface area contributed by atoms with Gasteiger partial charge in [0.15, 0.2) is 0 Å². The van der Waals surface area contributed by atoms with E-state index in [2.05, 4.69) is 0 Å². The number of carbonyl (C=O) groups excluding carboxylic acids is 2. The summed E-state index contributed by atoms with van der Waals surface area (Å²) in [5.74, 6) is 2.10. The second kappa shape index (κ2) is 11.8. The van der Waals surface area contributed by atoms with Crippen molar-refractivity contribution in [2.45, 2.75) is 19.3 Å². The highest BCUT2D eigenvalue weighted by Gasteiger charge is 1.98. The highest BCUT2D eigenvalue weighted by atomic mass is 16.3. The van der Waals surface area contributed by atoms with Crippen molar-refractivity contribution in [1.29, 1.82) is 10.8 Å². The molecule has 0 aliphatic heterocycles. The number of furan rings is 2. The van der Waals surface area contributed by atoms with E-state index in [1.165, 1.54) is 0 Å². The van der Waals surface area contributed by atoms with Crippen molar-refractivity contribution in [2.24, 2.45) is 0 Å². The van der Waals surface area contributed by atoms with Gasteiger partial charge < -0.3 is 8.83 Å². The van der Waals surface area contributed by atoms with E-state index in [-0.39, 0.29) is 0 Å². The van der Waals surface area contributed by atoms with Crippen LogP contribution < -0.4 is 0 Å². The predicted molar refractivity (Wildman–Crippen MR) is 66.3 cm³/mol. The average Bonchev–Trinajstić information content (AvgIpc) is 3.04. The van der Waals surface area contributed by atoms with Crippen LogP contribution in [0.3, 0.4) is 0 Å². The number of nitrogens with one attached hydrogen (secondary N) is 2. The van der Waals surface area contributed by atoms with Gasteiger partial charge in [0.2, 0.25) is 12.2 Å². The molecule has 19 heavy (non-hydrogen) atoms. The van der Waals surface area contributed by atoms with Crippen molar-refractivity contribution in [1.82, 2.24) is 0 Å². The molecule has 0 aliphatic rings. The lowest BCUT2D eigenvalue weighted by Crippen LogP contribution is -1.86. The first-order chi connectivity index (χ1) is 9.28. The van der Waals surface area contributed by atoms with Crippen LogP contribution in [0.4, 0.5) is 0 Å². The first kappa shape index (κ1) is 16.3. The molecule has 2 heterocycles. The lowest BCUT2D eigenvalue weighted by atomic mass is 10.2. The molecule has 0 saturated heterocycles. The minimum absolute atomic E-state index is 0.750. The van der Waals surface area contributed by atoms with Gasteiger partial charge in [-0.05, 0) is 30.7 Å². The highest BCUT2D eigenvalue weighted by Crippen LogP contribution is 2.08. The van der Waals surface area contributed by atoms with Gasteiger partial charge in [0, 0.05) is 12.8 Å². The van der Waals surface area contributed by atoms with Gasteiger partial charge in [-0.15, -0.1) is 0 Å². The molecule has 0 aromatic carbocycles. The molecular formula is C13H14N2O4. The molecule has 0 unspecified atom stereocenters. The number of rotatable bonds is 4. The van der Waals surface area contributed by atoms with E-state index < -0.39 is 0 Å². The fourth-order valence-electron chi connectivity index (χ4n) is 1.35. The van der Waals surface area contributed by atoms with Crippen molar-refractivity contribution < 1.29 is 18.4 Å². The smallest absolute Gasteiger partial charge is 0.231 e. The zero-order valence-corrected chi connectivity index (χ0v) is 10.2. The van der Waals surface area contributed by atoms with Crippen LogP contribution >= 0.6 is 0 Å².